The first-order valence-corrected chi connectivity index (χ1v) is 6.63. The smallest absolute Gasteiger partial charge is 0.155 e. The van der Waals surface area contributed by atoms with Gasteiger partial charge in [-0.2, -0.15) is 0 Å². The molecule has 0 fully saturated rings. The number of hydrogen-bond donors (Lipinski definition) is 1. The highest BCUT2D eigenvalue weighted by atomic mass is 16.3. The minimum absolute atomic E-state index is 0.108. The van der Waals surface area contributed by atoms with Crippen molar-refractivity contribution >= 4 is 0 Å². The van der Waals surface area contributed by atoms with Gasteiger partial charge in [-0.3, -0.25) is 4.98 Å². The first-order valence-electron chi connectivity index (χ1n) is 6.63. The Morgan fingerprint density at radius 3 is 2.84 bits per heavy atom. The molecule has 2 aromatic heterocycles. The van der Waals surface area contributed by atoms with E-state index in [0.29, 0.717) is 0 Å². The van der Waals surface area contributed by atoms with Gasteiger partial charge in [0.25, 0.3) is 0 Å². The van der Waals surface area contributed by atoms with Gasteiger partial charge in [0.1, 0.15) is 0 Å². The van der Waals surface area contributed by atoms with E-state index in [1.807, 2.05) is 6.92 Å². The zero-order valence-electron chi connectivity index (χ0n) is 11.6. The molecule has 2 heterocycles. The van der Waals surface area contributed by atoms with Gasteiger partial charge in [-0.1, -0.05) is 13.8 Å². The quantitative estimate of drug-likeness (QED) is 0.854. The van der Waals surface area contributed by atoms with Crippen molar-refractivity contribution in [3.8, 4) is 5.82 Å². The lowest BCUT2D eigenvalue weighted by Crippen LogP contribution is -2.26. The topological polar surface area (TPSA) is 50.9 Å². The lowest BCUT2D eigenvalue weighted by Gasteiger charge is -2.33. The highest BCUT2D eigenvalue weighted by Gasteiger charge is 2.34. The molecule has 100 valence electrons. The fourth-order valence-corrected chi connectivity index (χ4v) is 3.07. The minimum atomic E-state index is -0.379. The average molecular weight is 257 g/mol. The minimum Gasteiger partial charge on any atom is -0.388 e. The number of nitrogens with zero attached hydrogens (tertiary/aromatic N) is 3. The monoisotopic (exact) mass is 257 g/mol. The van der Waals surface area contributed by atoms with Crippen LogP contribution in [0.15, 0.2) is 24.7 Å². The van der Waals surface area contributed by atoms with E-state index in [2.05, 4.69) is 34.4 Å². The van der Waals surface area contributed by atoms with E-state index in [4.69, 9.17) is 0 Å². The molecule has 19 heavy (non-hydrogen) atoms. The average Bonchev–Trinajstić information content (AvgIpc) is 2.65. The molecule has 1 unspecified atom stereocenters. The van der Waals surface area contributed by atoms with Crippen molar-refractivity contribution < 1.29 is 5.11 Å². The van der Waals surface area contributed by atoms with E-state index in [1.165, 1.54) is 5.69 Å². The number of rotatable bonds is 1. The first kappa shape index (κ1) is 12.4. The van der Waals surface area contributed by atoms with E-state index in [-0.39, 0.29) is 11.5 Å². The van der Waals surface area contributed by atoms with Crippen molar-refractivity contribution in [3.05, 3.63) is 41.6 Å². The third-order valence-corrected chi connectivity index (χ3v) is 3.85. The summed E-state index contributed by atoms with van der Waals surface area (Å²) in [6.07, 6.45) is 6.52. The molecule has 0 amide bonds. The highest BCUT2D eigenvalue weighted by Crippen LogP contribution is 2.42. The Hall–Kier alpha value is -1.68. The number of hydrogen-bond acceptors (Lipinski definition) is 3. The number of aryl methyl sites for hydroxylation is 1. The molecule has 0 radical (unpaired) electrons. The molecule has 0 bridgehead atoms. The molecule has 0 saturated heterocycles. The summed E-state index contributed by atoms with van der Waals surface area (Å²) in [4.78, 5) is 8.52. The fourth-order valence-electron chi connectivity index (χ4n) is 3.07. The Labute approximate surface area is 113 Å². The summed E-state index contributed by atoms with van der Waals surface area (Å²) in [5.74, 6) is 0.825. The molecule has 0 aromatic carbocycles. The predicted molar refractivity (Wildman–Crippen MR) is 73.2 cm³/mol. The molecule has 4 heteroatoms. The van der Waals surface area contributed by atoms with Crippen molar-refractivity contribution in [2.45, 2.75) is 39.7 Å². The maximum absolute atomic E-state index is 10.3. The van der Waals surface area contributed by atoms with Crippen LogP contribution >= 0.6 is 0 Å². The maximum Gasteiger partial charge on any atom is 0.155 e. The Morgan fingerprint density at radius 2 is 2.16 bits per heavy atom. The van der Waals surface area contributed by atoms with Gasteiger partial charge < -0.3 is 9.67 Å². The van der Waals surface area contributed by atoms with Crippen LogP contribution in [0.4, 0.5) is 0 Å². The van der Waals surface area contributed by atoms with E-state index in [1.54, 1.807) is 18.6 Å². The SMILES string of the molecule is Cc1cc2c(n1-c1cnccn1)CC(C)(C)CC2O. The van der Waals surface area contributed by atoms with Crippen LogP contribution in [0.2, 0.25) is 0 Å². The Bertz CT molecular complexity index is 601. The van der Waals surface area contributed by atoms with Crippen LogP contribution < -0.4 is 0 Å². The van der Waals surface area contributed by atoms with Crippen LogP contribution in [-0.4, -0.2) is 19.6 Å². The van der Waals surface area contributed by atoms with Crippen LogP contribution in [0.1, 0.15) is 43.3 Å². The largest absolute Gasteiger partial charge is 0.388 e. The molecule has 1 aliphatic rings. The van der Waals surface area contributed by atoms with Gasteiger partial charge in [-0.25, -0.2) is 4.98 Å². The number of aliphatic hydroxyl groups excluding tert-OH is 1. The fraction of sp³-hybridized carbons (Fsp3) is 0.467. The molecule has 4 nitrogen and oxygen atoms in total. The second kappa shape index (κ2) is 4.17. The van der Waals surface area contributed by atoms with Gasteiger partial charge in [-0.05, 0) is 31.2 Å². The van der Waals surface area contributed by atoms with Crippen molar-refractivity contribution in [2.75, 3.05) is 0 Å². The second-order valence-electron chi connectivity index (χ2n) is 6.15. The molecule has 1 atom stereocenters. The summed E-state index contributed by atoms with van der Waals surface area (Å²) >= 11 is 0. The van der Waals surface area contributed by atoms with Crippen LogP contribution in [0.5, 0.6) is 0 Å². The molecule has 1 N–H and O–H groups in total. The van der Waals surface area contributed by atoms with Gasteiger partial charge in [0, 0.05) is 29.3 Å². The van der Waals surface area contributed by atoms with Crippen LogP contribution in [0.25, 0.3) is 5.82 Å². The molecule has 2 aromatic rings. The number of aromatic nitrogens is 3. The standard InChI is InChI=1S/C15H19N3O/c1-10-6-11-12(7-15(2,3)8-13(11)19)18(10)14-9-16-4-5-17-14/h4-6,9,13,19H,7-8H2,1-3H3. The Morgan fingerprint density at radius 1 is 1.37 bits per heavy atom. The summed E-state index contributed by atoms with van der Waals surface area (Å²) in [6, 6.07) is 2.07. The van der Waals surface area contributed by atoms with Crippen LogP contribution in [0.3, 0.4) is 0 Å². The van der Waals surface area contributed by atoms with Crippen LogP contribution in [0, 0.1) is 12.3 Å². The summed E-state index contributed by atoms with van der Waals surface area (Å²) in [6.45, 7) is 6.44. The third kappa shape index (κ3) is 2.06. The van der Waals surface area contributed by atoms with Crippen LogP contribution in [-0.2, 0) is 6.42 Å². The number of aliphatic hydroxyl groups is 1. The molecule has 0 saturated carbocycles. The predicted octanol–water partition coefficient (Wildman–Crippen LogP) is 2.58. The van der Waals surface area contributed by atoms with E-state index in [9.17, 15) is 5.11 Å². The highest BCUT2D eigenvalue weighted by molar-refractivity contribution is 5.39. The Balaban J connectivity index is 2.18. The van der Waals surface area contributed by atoms with E-state index < -0.39 is 0 Å². The van der Waals surface area contributed by atoms with Gasteiger partial charge in [-0.15, -0.1) is 0 Å². The zero-order valence-corrected chi connectivity index (χ0v) is 11.6. The maximum atomic E-state index is 10.3. The van der Waals surface area contributed by atoms with E-state index in [0.717, 1.165) is 29.9 Å². The summed E-state index contributed by atoms with van der Waals surface area (Å²) in [5, 5.41) is 10.3. The summed E-state index contributed by atoms with van der Waals surface area (Å²) in [7, 11) is 0. The normalized spacial score (nSPS) is 21.2. The summed E-state index contributed by atoms with van der Waals surface area (Å²) in [5.41, 5.74) is 3.42. The first-order chi connectivity index (χ1) is 8.98. The third-order valence-electron chi connectivity index (χ3n) is 3.85. The second-order valence-corrected chi connectivity index (χ2v) is 6.15. The van der Waals surface area contributed by atoms with Crippen molar-refractivity contribution in [2.24, 2.45) is 5.41 Å². The van der Waals surface area contributed by atoms with E-state index >= 15 is 0 Å². The molecule has 0 spiro atoms. The van der Waals surface area contributed by atoms with Gasteiger partial charge in [0.15, 0.2) is 5.82 Å². The molecule has 3 rings (SSSR count). The molecule has 1 aliphatic carbocycles. The molecular formula is C15H19N3O. The molecular weight excluding hydrogens is 238 g/mol. The molecule has 0 aliphatic heterocycles. The zero-order chi connectivity index (χ0) is 13.6. The Kier molecular flexibility index (Phi) is 2.71. The van der Waals surface area contributed by atoms with Crippen molar-refractivity contribution in [1.82, 2.24) is 14.5 Å². The van der Waals surface area contributed by atoms with Gasteiger partial charge in [0.2, 0.25) is 0 Å². The van der Waals surface area contributed by atoms with Crippen molar-refractivity contribution in [1.29, 1.82) is 0 Å². The lowest BCUT2D eigenvalue weighted by molar-refractivity contribution is 0.0986. The van der Waals surface area contributed by atoms with Crippen molar-refractivity contribution in [3.63, 3.8) is 0 Å². The lowest BCUT2D eigenvalue weighted by atomic mass is 9.75. The van der Waals surface area contributed by atoms with Gasteiger partial charge >= 0.3 is 0 Å². The summed E-state index contributed by atoms with van der Waals surface area (Å²) < 4.78 is 2.12. The van der Waals surface area contributed by atoms with Gasteiger partial charge in [0.05, 0.1) is 12.3 Å². The number of fused-ring (bicyclic) bond motifs is 1.